The molecule has 1 N–H and O–H groups in total. The van der Waals surface area contributed by atoms with Gasteiger partial charge < -0.3 is 10.2 Å². The molecule has 1 amide bonds. The van der Waals surface area contributed by atoms with Gasteiger partial charge in [-0.05, 0) is 55.3 Å². The summed E-state index contributed by atoms with van der Waals surface area (Å²) in [4.78, 5) is 32.2. The Morgan fingerprint density at radius 2 is 1.97 bits per heavy atom. The van der Waals surface area contributed by atoms with Crippen LogP contribution in [0.5, 0.6) is 0 Å². The van der Waals surface area contributed by atoms with E-state index in [-0.39, 0.29) is 18.0 Å². The maximum absolute atomic E-state index is 13.2. The molecule has 0 saturated carbocycles. The summed E-state index contributed by atoms with van der Waals surface area (Å²) in [5, 5.41) is 7.76. The molecule has 1 aromatic carbocycles. The summed E-state index contributed by atoms with van der Waals surface area (Å²) in [5.74, 6) is -0.169. The van der Waals surface area contributed by atoms with Crippen molar-refractivity contribution in [3.63, 3.8) is 0 Å². The van der Waals surface area contributed by atoms with E-state index in [4.69, 9.17) is 0 Å². The van der Waals surface area contributed by atoms with Gasteiger partial charge in [0.15, 0.2) is 0 Å². The highest BCUT2D eigenvalue weighted by Gasteiger charge is 2.22. The summed E-state index contributed by atoms with van der Waals surface area (Å²) in [6.45, 7) is 4.42. The zero-order valence-corrected chi connectivity index (χ0v) is 18.4. The lowest BCUT2D eigenvalue weighted by atomic mass is 10.0. The van der Waals surface area contributed by atoms with Gasteiger partial charge in [-0.1, -0.05) is 31.2 Å². The highest BCUT2D eigenvalue weighted by molar-refractivity contribution is 5.93. The van der Waals surface area contributed by atoms with E-state index < -0.39 is 0 Å². The number of hydrogen-bond donors (Lipinski definition) is 1. The molecule has 3 heterocycles. The van der Waals surface area contributed by atoms with Crippen molar-refractivity contribution < 1.29 is 4.79 Å². The number of pyridine rings is 1. The molecule has 0 saturated heterocycles. The number of amides is 1. The normalized spacial score (nSPS) is 12.2. The van der Waals surface area contributed by atoms with Crippen LogP contribution in [0.2, 0.25) is 0 Å². The molecular weight excluding hydrogens is 402 g/mol. The standard InChI is InChI=1S/C25H27N5O2/c1-3-18-9-11-20(12-10-18)29(4-2)23(31)17-30-25(32)21-8-6-14-27-24(21)22(28-30)15-19-7-5-13-26-16-19/h5-7,9-14,16,27H,3-4,8,15,17H2,1-2H3. The van der Waals surface area contributed by atoms with Gasteiger partial charge >= 0.3 is 0 Å². The molecule has 2 aromatic heterocycles. The van der Waals surface area contributed by atoms with E-state index >= 15 is 0 Å². The number of rotatable bonds is 7. The number of aryl methyl sites for hydroxylation is 1. The predicted molar refractivity (Wildman–Crippen MR) is 126 cm³/mol. The average molecular weight is 430 g/mol. The molecule has 7 nitrogen and oxygen atoms in total. The Balaban J connectivity index is 1.65. The van der Waals surface area contributed by atoms with Crippen LogP contribution in [0.15, 0.2) is 65.9 Å². The SMILES string of the molecule is CCc1ccc(N(CC)C(=O)Cn2nc(Cc3cccnc3)c3c(c2=O)CC=CN3)cc1. The van der Waals surface area contributed by atoms with E-state index in [1.54, 1.807) is 17.3 Å². The zero-order valence-electron chi connectivity index (χ0n) is 18.4. The molecule has 0 aliphatic carbocycles. The predicted octanol–water partition coefficient (Wildman–Crippen LogP) is 3.33. The van der Waals surface area contributed by atoms with E-state index in [9.17, 15) is 9.59 Å². The fraction of sp³-hybridized carbons (Fsp3) is 0.280. The lowest BCUT2D eigenvalue weighted by molar-refractivity contribution is -0.119. The quantitative estimate of drug-likeness (QED) is 0.623. The van der Waals surface area contributed by atoms with Gasteiger partial charge in [0.05, 0.1) is 11.4 Å². The number of aromatic nitrogens is 3. The molecule has 3 aromatic rings. The second kappa shape index (κ2) is 9.60. The van der Waals surface area contributed by atoms with Crippen molar-refractivity contribution in [2.75, 3.05) is 16.8 Å². The molecule has 4 rings (SSSR count). The highest BCUT2D eigenvalue weighted by Crippen LogP contribution is 2.23. The molecule has 0 unspecified atom stereocenters. The summed E-state index contributed by atoms with van der Waals surface area (Å²) in [7, 11) is 0. The number of benzene rings is 1. The van der Waals surface area contributed by atoms with E-state index in [0.717, 1.165) is 29.1 Å². The number of nitrogens with one attached hydrogen (secondary N) is 1. The highest BCUT2D eigenvalue weighted by atomic mass is 16.2. The van der Waals surface area contributed by atoms with Crippen LogP contribution >= 0.6 is 0 Å². The van der Waals surface area contributed by atoms with Gasteiger partial charge in [-0.25, -0.2) is 4.68 Å². The molecule has 1 aliphatic heterocycles. The number of allylic oxidation sites excluding steroid dienone is 1. The average Bonchev–Trinajstić information content (AvgIpc) is 2.83. The minimum absolute atomic E-state index is 0.112. The van der Waals surface area contributed by atoms with Gasteiger partial charge in [-0.2, -0.15) is 5.10 Å². The van der Waals surface area contributed by atoms with Crippen molar-refractivity contribution in [1.29, 1.82) is 0 Å². The summed E-state index contributed by atoms with van der Waals surface area (Å²) < 4.78 is 1.30. The molecule has 0 fully saturated rings. The topological polar surface area (TPSA) is 80.1 Å². The summed E-state index contributed by atoms with van der Waals surface area (Å²) >= 11 is 0. The van der Waals surface area contributed by atoms with Crippen LogP contribution in [-0.4, -0.2) is 27.2 Å². The first kappa shape index (κ1) is 21.5. The molecule has 32 heavy (non-hydrogen) atoms. The van der Waals surface area contributed by atoms with Crippen LogP contribution in [0.4, 0.5) is 11.4 Å². The number of carbonyl (C=O) groups excluding carboxylic acids is 1. The minimum Gasteiger partial charge on any atom is -0.360 e. The molecule has 0 atom stereocenters. The third kappa shape index (κ3) is 4.46. The van der Waals surface area contributed by atoms with Crippen LogP contribution in [0, 0.1) is 0 Å². The Bertz CT molecular complexity index is 1180. The number of anilines is 2. The molecular formula is C25H27N5O2. The fourth-order valence-electron chi connectivity index (χ4n) is 3.91. The Hall–Kier alpha value is -3.74. The monoisotopic (exact) mass is 429 g/mol. The van der Waals surface area contributed by atoms with Crippen molar-refractivity contribution in [3.8, 4) is 0 Å². The molecule has 1 aliphatic rings. The Morgan fingerprint density at radius 3 is 2.66 bits per heavy atom. The van der Waals surface area contributed by atoms with Crippen molar-refractivity contribution in [3.05, 3.63) is 93.8 Å². The van der Waals surface area contributed by atoms with Crippen LogP contribution in [0.1, 0.15) is 36.2 Å². The number of hydrogen-bond acceptors (Lipinski definition) is 5. The third-order valence-electron chi connectivity index (χ3n) is 5.64. The third-order valence-corrected chi connectivity index (χ3v) is 5.64. The van der Waals surface area contributed by atoms with Crippen LogP contribution < -0.4 is 15.8 Å². The van der Waals surface area contributed by atoms with Gasteiger partial charge in [0.25, 0.3) is 5.56 Å². The fourth-order valence-corrected chi connectivity index (χ4v) is 3.91. The van der Waals surface area contributed by atoms with E-state index in [1.165, 1.54) is 10.2 Å². The maximum Gasteiger partial charge on any atom is 0.272 e. The first-order valence-corrected chi connectivity index (χ1v) is 10.9. The largest absolute Gasteiger partial charge is 0.360 e. The van der Waals surface area contributed by atoms with Crippen molar-refractivity contribution in [1.82, 2.24) is 14.8 Å². The first-order chi connectivity index (χ1) is 15.6. The van der Waals surface area contributed by atoms with Gasteiger partial charge in [0, 0.05) is 36.6 Å². The van der Waals surface area contributed by atoms with Crippen molar-refractivity contribution >= 4 is 17.3 Å². The van der Waals surface area contributed by atoms with Crippen LogP contribution in [-0.2, 0) is 30.6 Å². The second-order valence-corrected chi connectivity index (χ2v) is 7.71. The number of nitrogens with zero attached hydrogens (tertiary/aromatic N) is 4. The molecule has 164 valence electrons. The zero-order chi connectivity index (χ0) is 22.5. The van der Waals surface area contributed by atoms with Crippen LogP contribution in [0.3, 0.4) is 0 Å². The smallest absolute Gasteiger partial charge is 0.272 e. The number of fused-ring (bicyclic) bond motifs is 1. The lowest BCUT2D eigenvalue weighted by Crippen LogP contribution is -2.39. The summed E-state index contributed by atoms with van der Waals surface area (Å²) in [6, 6.07) is 11.8. The first-order valence-electron chi connectivity index (χ1n) is 10.9. The van der Waals surface area contributed by atoms with Gasteiger partial charge in [0.2, 0.25) is 5.91 Å². The van der Waals surface area contributed by atoms with Gasteiger partial charge in [0.1, 0.15) is 6.54 Å². The summed E-state index contributed by atoms with van der Waals surface area (Å²) in [6.07, 6.45) is 9.19. The molecule has 7 heteroatoms. The van der Waals surface area contributed by atoms with Crippen LogP contribution in [0.25, 0.3) is 0 Å². The summed E-state index contributed by atoms with van der Waals surface area (Å²) in [5.41, 5.74) is 4.86. The van der Waals surface area contributed by atoms with E-state index in [1.807, 2.05) is 55.6 Å². The van der Waals surface area contributed by atoms with E-state index in [0.29, 0.717) is 24.9 Å². The van der Waals surface area contributed by atoms with Gasteiger partial charge in [-0.3, -0.25) is 14.6 Å². The Kier molecular flexibility index (Phi) is 6.44. The maximum atomic E-state index is 13.2. The molecule has 0 bridgehead atoms. The minimum atomic E-state index is -0.238. The number of carbonyl (C=O) groups is 1. The lowest BCUT2D eigenvalue weighted by Gasteiger charge is -2.23. The number of likely N-dealkylation sites (N-methyl/N-ethyl adjacent to an activating group) is 1. The Labute approximate surface area is 187 Å². The van der Waals surface area contributed by atoms with E-state index in [2.05, 4.69) is 22.3 Å². The Morgan fingerprint density at radius 1 is 1.16 bits per heavy atom. The van der Waals surface area contributed by atoms with Crippen molar-refractivity contribution in [2.24, 2.45) is 0 Å². The van der Waals surface area contributed by atoms with Gasteiger partial charge in [-0.15, -0.1) is 0 Å². The van der Waals surface area contributed by atoms with Crippen molar-refractivity contribution in [2.45, 2.75) is 39.7 Å². The second-order valence-electron chi connectivity index (χ2n) is 7.71. The molecule has 0 spiro atoms. The molecule has 0 radical (unpaired) electrons.